The molecule has 2 N–H and O–H groups in total. The fourth-order valence-corrected chi connectivity index (χ4v) is 3.35. The summed E-state index contributed by atoms with van der Waals surface area (Å²) in [6.45, 7) is 7.85. The molecule has 0 atom stereocenters. The SMILES string of the molecule is Cc1ccc2cc(CNC(=O)c3cc(C(C)C)nc4onc(C)c34)c(=O)[nH]c2c1. The number of aromatic amines is 1. The molecule has 1 aromatic carbocycles. The van der Waals surface area contributed by atoms with Gasteiger partial charge in [0.15, 0.2) is 0 Å². The molecule has 0 aliphatic rings. The molecule has 0 saturated heterocycles. The summed E-state index contributed by atoms with van der Waals surface area (Å²) in [5.74, 6) is -0.169. The number of hydrogen-bond acceptors (Lipinski definition) is 5. The predicted octanol–water partition coefficient (Wildman–Crippen LogP) is 3.73. The highest BCUT2D eigenvalue weighted by Gasteiger charge is 2.20. The van der Waals surface area contributed by atoms with Crippen molar-refractivity contribution < 1.29 is 9.32 Å². The number of carbonyl (C=O) groups excluding carboxylic acids is 1. The lowest BCUT2D eigenvalue weighted by molar-refractivity contribution is 0.0952. The van der Waals surface area contributed by atoms with Crippen LogP contribution in [0, 0.1) is 13.8 Å². The zero-order valence-electron chi connectivity index (χ0n) is 16.8. The van der Waals surface area contributed by atoms with Gasteiger partial charge in [-0.3, -0.25) is 9.59 Å². The molecule has 4 aromatic rings. The minimum Gasteiger partial charge on any atom is -0.348 e. The second-order valence-corrected chi connectivity index (χ2v) is 7.59. The number of nitrogens with zero attached hydrogens (tertiary/aromatic N) is 2. The predicted molar refractivity (Wildman–Crippen MR) is 111 cm³/mol. The molecule has 3 heterocycles. The van der Waals surface area contributed by atoms with Crippen molar-refractivity contribution in [1.29, 1.82) is 0 Å². The fourth-order valence-electron chi connectivity index (χ4n) is 3.35. The first kappa shape index (κ1) is 18.9. The Hall–Kier alpha value is -3.48. The van der Waals surface area contributed by atoms with Crippen molar-refractivity contribution in [3.05, 3.63) is 68.8 Å². The van der Waals surface area contributed by atoms with Crippen molar-refractivity contribution in [2.75, 3.05) is 0 Å². The number of H-pyrrole nitrogens is 1. The van der Waals surface area contributed by atoms with E-state index in [4.69, 9.17) is 4.52 Å². The number of amides is 1. The highest BCUT2D eigenvalue weighted by molar-refractivity contribution is 6.06. The summed E-state index contributed by atoms with van der Waals surface area (Å²) in [6, 6.07) is 9.43. The molecule has 0 spiro atoms. The summed E-state index contributed by atoms with van der Waals surface area (Å²) < 4.78 is 5.27. The van der Waals surface area contributed by atoms with Crippen LogP contribution >= 0.6 is 0 Å². The van der Waals surface area contributed by atoms with Crippen molar-refractivity contribution in [3.8, 4) is 0 Å². The number of carbonyl (C=O) groups is 1. The molecule has 0 saturated carbocycles. The van der Waals surface area contributed by atoms with Gasteiger partial charge >= 0.3 is 0 Å². The lowest BCUT2D eigenvalue weighted by Gasteiger charge is -2.10. The van der Waals surface area contributed by atoms with Gasteiger partial charge in [-0.1, -0.05) is 31.1 Å². The third kappa shape index (κ3) is 3.51. The molecule has 1 amide bonds. The van der Waals surface area contributed by atoms with Crippen molar-refractivity contribution in [2.45, 2.75) is 40.2 Å². The Bertz CT molecular complexity index is 1300. The number of hydrogen-bond donors (Lipinski definition) is 2. The zero-order chi connectivity index (χ0) is 20.7. The van der Waals surface area contributed by atoms with Crippen molar-refractivity contribution in [2.24, 2.45) is 0 Å². The summed E-state index contributed by atoms with van der Waals surface area (Å²) in [6.07, 6.45) is 0. The Labute approximate surface area is 167 Å². The highest BCUT2D eigenvalue weighted by atomic mass is 16.5. The number of aromatic nitrogens is 3. The summed E-state index contributed by atoms with van der Waals surface area (Å²) >= 11 is 0. The monoisotopic (exact) mass is 390 g/mol. The van der Waals surface area contributed by atoms with Crippen LogP contribution < -0.4 is 10.9 Å². The van der Waals surface area contributed by atoms with Gasteiger partial charge in [-0.25, -0.2) is 4.98 Å². The molecular formula is C22H22N4O3. The van der Waals surface area contributed by atoms with Crippen LogP contribution in [0.25, 0.3) is 22.0 Å². The number of pyridine rings is 2. The molecule has 0 bridgehead atoms. The number of nitrogens with one attached hydrogen (secondary N) is 2. The molecule has 7 heteroatoms. The molecule has 3 aromatic heterocycles. The summed E-state index contributed by atoms with van der Waals surface area (Å²) in [4.78, 5) is 32.7. The standard InChI is InChI=1S/C22H22N4O3/c1-11(2)17-9-16(19-13(4)26-29-22(19)25-17)21(28)23-10-15-8-14-6-5-12(3)7-18(14)24-20(15)27/h5-9,11H,10H2,1-4H3,(H,23,28)(H,24,27). The number of fused-ring (bicyclic) bond motifs is 2. The van der Waals surface area contributed by atoms with E-state index in [1.54, 1.807) is 19.1 Å². The summed E-state index contributed by atoms with van der Waals surface area (Å²) in [7, 11) is 0. The lowest BCUT2D eigenvalue weighted by Crippen LogP contribution is -2.27. The van der Waals surface area contributed by atoms with Gasteiger partial charge in [-0.15, -0.1) is 0 Å². The van der Waals surface area contributed by atoms with Gasteiger partial charge < -0.3 is 14.8 Å². The second-order valence-electron chi connectivity index (χ2n) is 7.59. The molecule has 148 valence electrons. The first-order chi connectivity index (χ1) is 13.8. The van der Waals surface area contributed by atoms with Crippen LogP contribution in [0.3, 0.4) is 0 Å². The first-order valence-corrected chi connectivity index (χ1v) is 9.51. The van der Waals surface area contributed by atoms with Crippen LogP contribution in [0.15, 0.2) is 39.6 Å². The van der Waals surface area contributed by atoms with Gasteiger partial charge in [0.2, 0.25) is 0 Å². The van der Waals surface area contributed by atoms with Crippen LogP contribution in [0.4, 0.5) is 0 Å². The Kier molecular flexibility index (Phi) is 4.66. The molecule has 4 rings (SSSR count). The van der Waals surface area contributed by atoms with E-state index in [9.17, 15) is 9.59 Å². The van der Waals surface area contributed by atoms with E-state index in [1.165, 1.54) is 0 Å². The largest absolute Gasteiger partial charge is 0.348 e. The quantitative estimate of drug-likeness (QED) is 0.553. The molecule has 0 aliphatic carbocycles. The van der Waals surface area contributed by atoms with Crippen molar-refractivity contribution in [3.63, 3.8) is 0 Å². The Morgan fingerprint density at radius 2 is 2.00 bits per heavy atom. The third-order valence-electron chi connectivity index (χ3n) is 4.99. The van der Waals surface area contributed by atoms with Crippen LogP contribution in [0.5, 0.6) is 0 Å². The maximum atomic E-state index is 13.0. The molecule has 7 nitrogen and oxygen atoms in total. The van der Waals surface area contributed by atoms with Crippen LogP contribution in [-0.4, -0.2) is 21.0 Å². The molecule has 0 aliphatic heterocycles. The van der Waals surface area contributed by atoms with Crippen LogP contribution in [-0.2, 0) is 6.54 Å². The third-order valence-corrected chi connectivity index (χ3v) is 4.99. The van der Waals surface area contributed by atoms with Crippen LogP contribution in [0.2, 0.25) is 0 Å². The van der Waals surface area contributed by atoms with E-state index in [-0.39, 0.29) is 23.9 Å². The van der Waals surface area contributed by atoms with E-state index < -0.39 is 0 Å². The maximum Gasteiger partial charge on any atom is 0.259 e. The van der Waals surface area contributed by atoms with E-state index >= 15 is 0 Å². The molecule has 0 fully saturated rings. The van der Waals surface area contributed by atoms with E-state index in [2.05, 4.69) is 20.4 Å². The number of benzene rings is 1. The second kappa shape index (κ2) is 7.16. The highest BCUT2D eigenvalue weighted by Crippen LogP contribution is 2.25. The minimum absolute atomic E-state index is 0.114. The van der Waals surface area contributed by atoms with Crippen molar-refractivity contribution >= 4 is 27.9 Å². The maximum absolute atomic E-state index is 13.0. The van der Waals surface area contributed by atoms with E-state index in [0.717, 1.165) is 22.2 Å². The molecule has 0 unspecified atom stereocenters. The molecule has 29 heavy (non-hydrogen) atoms. The Morgan fingerprint density at radius 3 is 2.76 bits per heavy atom. The lowest BCUT2D eigenvalue weighted by atomic mass is 10.0. The van der Waals surface area contributed by atoms with E-state index in [0.29, 0.717) is 27.9 Å². The summed E-state index contributed by atoms with van der Waals surface area (Å²) in [5, 5.41) is 8.30. The van der Waals surface area contributed by atoms with Gasteiger partial charge in [0.05, 0.1) is 16.6 Å². The number of aryl methyl sites for hydroxylation is 2. The topological polar surface area (TPSA) is 101 Å². The van der Waals surface area contributed by atoms with Crippen molar-refractivity contribution in [1.82, 2.24) is 20.4 Å². The molecular weight excluding hydrogens is 368 g/mol. The smallest absolute Gasteiger partial charge is 0.259 e. The Morgan fingerprint density at radius 1 is 1.21 bits per heavy atom. The fraction of sp³-hybridized carbons (Fsp3) is 0.273. The zero-order valence-corrected chi connectivity index (χ0v) is 16.8. The minimum atomic E-state index is -0.297. The van der Waals surface area contributed by atoms with Gasteiger partial charge in [-0.2, -0.15) is 0 Å². The first-order valence-electron chi connectivity index (χ1n) is 9.51. The average molecular weight is 390 g/mol. The van der Waals surface area contributed by atoms with Crippen LogP contribution in [0.1, 0.15) is 52.6 Å². The van der Waals surface area contributed by atoms with E-state index in [1.807, 2.05) is 39.0 Å². The Balaban J connectivity index is 1.66. The molecule has 0 radical (unpaired) electrons. The van der Waals surface area contributed by atoms with Gasteiger partial charge in [0.1, 0.15) is 0 Å². The van der Waals surface area contributed by atoms with Gasteiger partial charge in [0, 0.05) is 23.3 Å². The normalized spacial score (nSPS) is 11.5. The summed E-state index contributed by atoms with van der Waals surface area (Å²) in [5.41, 5.74) is 4.27. The average Bonchev–Trinajstić information content (AvgIpc) is 3.06. The van der Waals surface area contributed by atoms with Gasteiger partial charge in [-0.05, 0) is 48.9 Å². The number of rotatable bonds is 4. The van der Waals surface area contributed by atoms with Gasteiger partial charge in [0.25, 0.3) is 17.2 Å².